The Morgan fingerprint density at radius 2 is 1.68 bits per heavy atom. The molecule has 1 unspecified atom stereocenters. The van der Waals surface area contributed by atoms with E-state index in [-0.39, 0.29) is 17.8 Å². The summed E-state index contributed by atoms with van der Waals surface area (Å²) < 4.78 is 27.9. The first-order valence-electron chi connectivity index (χ1n) is 13.1. The lowest BCUT2D eigenvalue weighted by Gasteiger charge is -2.63. The van der Waals surface area contributed by atoms with Crippen molar-refractivity contribution in [2.45, 2.75) is 110 Å². The van der Waals surface area contributed by atoms with Crippen molar-refractivity contribution in [3.63, 3.8) is 0 Å². The molecule has 0 spiro atoms. The number of halogens is 2. The van der Waals surface area contributed by atoms with E-state index < -0.39 is 18.1 Å². The monoisotopic (exact) mass is 440 g/mol. The van der Waals surface area contributed by atoms with Crippen LogP contribution in [-0.4, -0.2) is 28.3 Å². The Labute approximate surface area is 188 Å². The van der Waals surface area contributed by atoms with Crippen molar-refractivity contribution < 1.29 is 19.0 Å². The fraction of sp³-hybridized carbons (Fsp3) is 1.00. The van der Waals surface area contributed by atoms with E-state index >= 15 is 0 Å². The Hall–Kier alpha value is -0.220. The minimum Gasteiger partial charge on any atom is -0.390 e. The lowest BCUT2D eigenvalue weighted by atomic mass is 9.42. The Balaban J connectivity index is 1.54. The number of alkyl halides is 2. The van der Waals surface area contributed by atoms with Crippen LogP contribution in [0.4, 0.5) is 8.78 Å². The van der Waals surface area contributed by atoms with E-state index in [1.54, 1.807) is 0 Å². The number of rotatable bonds is 5. The Kier molecular flexibility index (Phi) is 6.12. The van der Waals surface area contributed by atoms with Crippen LogP contribution in [0.15, 0.2) is 0 Å². The molecule has 4 fully saturated rings. The first kappa shape index (κ1) is 23.9. The van der Waals surface area contributed by atoms with E-state index in [0.717, 1.165) is 43.9 Å². The normalized spacial score (nSPS) is 51.0. The van der Waals surface area contributed by atoms with E-state index in [4.69, 9.17) is 5.11 Å². The second-order valence-electron chi connectivity index (χ2n) is 12.8. The molecular weight excluding hydrogens is 394 g/mol. The summed E-state index contributed by atoms with van der Waals surface area (Å²) >= 11 is 0. The molecule has 4 saturated carbocycles. The molecule has 180 valence electrons. The van der Waals surface area contributed by atoms with Crippen molar-refractivity contribution in [2.24, 2.45) is 52.3 Å². The van der Waals surface area contributed by atoms with Gasteiger partial charge in [0.2, 0.25) is 0 Å². The number of fused-ring (bicyclic) bond motifs is 5. The van der Waals surface area contributed by atoms with Crippen LogP contribution < -0.4 is 0 Å². The van der Waals surface area contributed by atoms with Gasteiger partial charge in [-0.05, 0) is 110 Å². The van der Waals surface area contributed by atoms with Gasteiger partial charge in [0.1, 0.15) is 6.61 Å². The summed E-state index contributed by atoms with van der Waals surface area (Å²) in [6.07, 6.45) is 9.89. The third-order valence-electron chi connectivity index (χ3n) is 11.6. The van der Waals surface area contributed by atoms with Gasteiger partial charge in [-0.3, -0.25) is 0 Å². The second-order valence-corrected chi connectivity index (χ2v) is 12.8. The molecule has 0 saturated heterocycles. The van der Waals surface area contributed by atoms with Gasteiger partial charge in [-0.15, -0.1) is 0 Å². The third kappa shape index (κ3) is 3.70. The highest BCUT2D eigenvalue weighted by atomic mass is 19.3. The summed E-state index contributed by atoms with van der Waals surface area (Å²) in [6.45, 7) is 10.3. The molecule has 0 aromatic carbocycles. The van der Waals surface area contributed by atoms with E-state index in [9.17, 15) is 13.9 Å². The largest absolute Gasteiger partial charge is 0.390 e. The van der Waals surface area contributed by atoms with E-state index in [1.807, 2.05) is 6.92 Å². The molecule has 2 nitrogen and oxygen atoms in total. The first-order valence-corrected chi connectivity index (χ1v) is 13.1. The van der Waals surface area contributed by atoms with Crippen molar-refractivity contribution >= 4 is 0 Å². The summed E-state index contributed by atoms with van der Waals surface area (Å²) in [5.41, 5.74) is -0.00947. The van der Waals surface area contributed by atoms with E-state index in [2.05, 4.69) is 27.7 Å². The number of aliphatic hydroxyl groups is 2. The summed E-state index contributed by atoms with van der Waals surface area (Å²) in [5, 5.41) is 20.3. The highest BCUT2D eigenvalue weighted by Crippen LogP contribution is 2.69. The van der Waals surface area contributed by atoms with Gasteiger partial charge in [-0.25, -0.2) is 8.78 Å². The predicted molar refractivity (Wildman–Crippen MR) is 121 cm³/mol. The maximum atomic E-state index is 14.0. The van der Waals surface area contributed by atoms with Crippen molar-refractivity contribution in [1.82, 2.24) is 0 Å². The average Bonchev–Trinajstić information content (AvgIpc) is 3.06. The van der Waals surface area contributed by atoms with Gasteiger partial charge in [-0.2, -0.15) is 0 Å². The van der Waals surface area contributed by atoms with E-state index in [1.165, 1.54) is 25.7 Å². The zero-order valence-corrected chi connectivity index (χ0v) is 20.5. The molecule has 0 aliphatic heterocycles. The summed E-state index contributed by atoms with van der Waals surface area (Å²) in [5.74, 6) is 0.414. The fourth-order valence-corrected chi connectivity index (χ4v) is 9.81. The molecule has 0 aromatic rings. The SMILES string of the molecule is CC[C@@]1(O)C[C@@H]2CC[C@@H]3[C@H](CC[C@]4(C)[C@@H]([C@H](C)CC(F)(F)CO)CC[C@@H]34)[C@@]2(C)CC1C. The van der Waals surface area contributed by atoms with Crippen LogP contribution in [0.25, 0.3) is 0 Å². The van der Waals surface area contributed by atoms with Crippen LogP contribution in [0.3, 0.4) is 0 Å². The molecule has 4 aliphatic carbocycles. The Morgan fingerprint density at radius 3 is 2.32 bits per heavy atom. The third-order valence-corrected chi connectivity index (χ3v) is 11.6. The van der Waals surface area contributed by atoms with Gasteiger partial charge in [0.15, 0.2) is 0 Å². The zero-order chi connectivity index (χ0) is 22.8. The number of aliphatic hydroxyl groups excluding tert-OH is 1. The van der Waals surface area contributed by atoms with Gasteiger partial charge < -0.3 is 10.2 Å². The zero-order valence-electron chi connectivity index (χ0n) is 20.5. The minimum atomic E-state index is -2.95. The van der Waals surface area contributed by atoms with Crippen molar-refractivity contribution in [3.05, 3.63) is 0 Å². The fourth-order valence-electron chi connectivity index (χ4n) is 9.81. The Morgan fingerprint density at radius 1 is 1.00 bits per heavy atom. The standard InChI is InChI=1S/C27H46F2O2/c1-6-26(31)15-19-7-8-20-22-10-9-21(17(2)13-27(28,29)16-30)24(22,4)12-11-23(20)25(19,5)14-18(26)3/h17-23,30-31H,6-16H2,1-5H3/t17-,18?,19+,20+,21-,22+,23+,24-,25+,26-/m1/s1. The molecule has 0 bridgehead atoms. The van der Waals surface area contributed by atoms with Gasteiger partial charge in [0.05, 0.1) is 5.60 Å². The van der Waals surface area contributed by atoms with Crippen LogP contribution in [0, 0.1) is 52.3 Å². The maximum absolute atomic E-state index is 14.0. The summed E-state index contributed by atoms with van der Waals surface area (Å²) in [7, 11) is 0. The molecule has 4 aliphatic rings. The molecule has 10 atom stereocenters. The highest BCUT2D eigenvalue weighted by molar-refractivity contribution is 5.11. The summed E-state index contributed by atoms with van der Waals surface area (Å²) in [4.78, 5) is 0. The molecular formula is C27H46F2O2. The average molecular weight is 441 g/mol. The van der Waals surface area contributed by atoms with Gasteiger partial charge in [0.25, 0.3) is 5.92 Å². The van der Waals surface area contributed by atoms with Gasteiger partial charge in [-0.1, -0.05) is 34.6 Å². The van der Waals surface area contributed by atoms with Gasteiger partial charge in [0, 0.05) is 6.42 Å². The molecule has 0 radical (unpaired) electrons. The number of hydrogen-bond donors (Lipinski definition) is 2. The molecule has 0 aromatic heterocycles. The van der Waals surface area contributed by atoms with Crippen LogP contribution in [0.2, 0.25) is 0 Å². The van der Waals surface area contributed by atoms with Crippen LogP contribution in [0.1, 0.15) is 98.8 Å². The predicted octanol–water partition coefficient (Wildman–Crippen LogP) is 6.69. The maximum Gasteiger partial charge on any atom is 0.270 e. The van der Waals surface area contributed by atoms with Crippen molar-refractivity contribution in [3.8, 4) is 0 Å². The molecule has 4 rings (SSSR count). The van der Waals surface area contributed by atoms with Crippen LogP contribution in [-0.2, 0) is 0 Å². The highest BCUT2D eigenvalue weighted by Gasteiger charge is 2.62. The van der Waals surface area contributed by atoms with E-state index in [0.29, 0.717) is 29.1 Å². The molecule has 0 amide bonds. The summed E-state index contributed by atoms with van der Waals surface area (Å²) in [6, 6.07) is 0. The van der Waals surface area contributed by atoms with Crippen LogP contribution in [0.5, 0.6) is 0 Å². The molecule has 31 heavy (non-hydrogen) atoms. The van der Waals surface area contributed by atoms with Crippen molar-refractivity contribution in [2.75, 3.05) is 6.61 Å². The first-order chi connectivity index (χ1) is 14.4. The van der Waals surface area contributed by atoms with Gasteiger partial charge >= 0.3 is 0 Å². The topological polar surface area (TPSA) is 40.5 Å². The lowest BCUT2D eigenvalue weighted by Crippen LogP contribution is -2.58. The number of hydrogen-bond acceptors (Lipinski definition) is 2. The lowest BCUT2D eigenvalue weighted by molar-refractivity contribution is -0.174. The molecule has 0 heterocycles. The quantitative estimate of drug-likeness (QED) is 0.500. The second kappa shape index (κ2) is 7.93. The molecule has 4 heteroatoms. The van der Waals surface area contributed by atoms with Crippen LogP contribution >= 0.6 is 0 Å². The molecule has 2 N–H and O–H groups in total. The smallest absolute Gasteiger partial charge is 0.270 e. The Bertz CT molecular complexity index is 668. The minimum absolute atomic E-state index is 0.0464. The van der Waals surface area contributed by atoms with Crippen molar-refractivity contribution in [1.29, 1.82) is 0 Å².